The molecule has 0 aliphatic heterocycles. The van der Waals surface area contributed by atoms with Gasteiger partial charge in [-0.05, 0) is 17.0 Å². The summed E-state index contributed by atoms with van der Waals surface area (Å²) in [5.41, 5.74) is 2.34. The molecule has 2 rings (SSSR count). The molecule has 0 saturated carbocycles. The molecule has 0 fully saturated rings. The molecule has 0 atom stereocenters. The van der Waals surface area contributed by atoms with Gasteiger partial charge in [-0.25, -0.2) is 0 Å². The van der Waals surface area contributed by atoms with Gasteiger partial charge in [0, 0.05) is 18.1 Å². The van der Waals surface area contributed by atoms with Crippen LogP contribution in [0.1, 0.15) is 5.56 Å². The first-order valence-corrected chi connectivity index (χ1v) is 4.68. The van der Waals surface area contributed by atoms with E-state index in [0.717, 1.165) is 5.69 Å². The second-order valence-electron chi connectivity index (χ2n) is 3.20. The summed E-state index contributed by atoms with van der Waals surface area (Å²) in [7, 11) is 1.94. The number of fused-ring (bicyclic) bond motifs is 1. The number of benzene rings is 2. The molecule has 0 amide bonds. The van der Waals surface area contributed by atoms with E-state index in [1.165, 1.54) is 16.3 Å². The first kappa shape index (κ1) is 8.82. The highest BCUT2D eigenvalue weighted by atomic mass is 14.8. The van der Waals surface area contributed by atoms with Gasteiger partial charge in [-0.15, -0.1) is 0 Å². The molecule has 0 heterocycles. The van der Waals surface area contributed by atoms with Crippen molar-refractivity contribution in [2.24, 2.45) is 0 Å². The van der Waals surface area contributed by atoms with Crippen molar-refractivity contribution >= 4 is 22.5 Å². The maximum atomic E-state index is 3.82. The lowest BCUT2D eigenvalue weighted by atomic mass is 10.0. The molecule has 0 aromatic heterocycles. The molecule has 0 unspecified atom stereocenters. The number of nitrogens with one attached hydrogen (secondary N) is 1. The van der Waals surface area contributed by atoms with E-state index < -0.39 is 0 Å². The molecule has 0 radical (unpaired) electrons. The van der Waals surface area contributed by atoms with E-state index in [2.05, 4.69) is 48.3 Å². The van der Waals surface area contributed by atoms with Gasteiger partial charge < -0.3 is 5.32 Å². The Balaban J connectivity index is 2.84. The Labute approximate surface area is 84.1 Å². The van der Waals surface area contributed by atoms with E-state index in [9.17, 15) is 0 Å². The smallest absolute Gasteiger partial charge is 0.0417 e. The Morgan fingerprint density at radius 1 is 1.07 bits per heavy atom. The zero-order valence-corrected chi connectivity index (χ0v) is 8.25. The van der Waals surface area contributed by atoms with Gasteiger partial charge in [0.25, 0.3) is 0 Å². The summed E-state index contributed by atoms with van der Waals surface area (Å²) in [4.78, 5) is 0. The van der Waals surface area contributed by atoms with E-state index in [0.29, 0.717) is 0 Å². The molecule has 0 aliphatic carbocycles. The van der Waals surface area contributed by atoms with Crippen LogP contribution < -0.4 is 5.32 Å². The molecular weight excluding hydrogens is 170 g/mol. The molecule has 70 valence electrons. The van der Waals surface area contributed by atoms with Crippen molar-refractivity contribution in [2.75, 3.05) is 12.4 Å². The van der Waals surface area contributed by atoms with E-state index in [1.54, 1.807) is 0 Å². The van der Waals surface area contributed by atoms with E-state index >= 15 is 0 Å². The lowest BCUT2D eigenvalue weighted by molar-refractivity contribution is 1.54. The molecule has 1 nitrogen and oxygen atoms in total. The Kier molecular flexibility index (Phi) is 2.23. The van der Waals surface area contributed by atoms with Gasteiger partial charge in [0.15, 0.2) is 0 Å². The Morgan fingerprint density at radius 3 is 2.43 bits per heavy atom. The first-order chi connectivity index (χ1) is 6.86. The van der Waals surface area contributed by atoms with Crippen molar-refractivity contribution < 1.29 is 0 Å². The zero-order valence-electron chi connectivity index (χ0n) is 8.25. The van der Waals surface area contributed by atoms with Gasteiger partial charge in [-0.1, -0.05) is 43.0 Å². The lowest BCUT2D eigenvalue weighted by Gasteiger charge is -2.07. The first-order valence-electron chi connectivity index (χ1n) is 4.68. The van der Waals surface area contributed by atoms with Gasteiger partial charge in [-0.3, -0.25) is 0 Å². The highest BCUT2D eigenvalue weighted by Crippen LogP contribution is 2.26. The Hall–Kier alpha value is -1.76. The summed E-state index contributed by atoms with van der Waals surface area (Å²) < 4.78 is 0. The monoisotopic (exact) mass is 183 g/mol. The van der Waals surface area contributed by atoms with E-state index in [-0.39, 0.29) is 0 Å². The van der Waals surface area contributed by atoms with Crippen LogP contribution in [0.15, 0.2) is 43.0 Å². The predicted octanol–water partition coefficient (Wildman–Crippen LogP) is 3.52. The average molecular weight is 183 g/mol. The number of hydrogen-bond donors (Lipinski definition) is 1. The molecule has 14 heavy (non-hydrogen) atoms. The highest BCUT2D eigenvalue weighted by molar-refractivity contribution is 5.98. The predicted molar refractivity (Wildman–Crippen MR) is 63.6 cm³/mol. The van der Waals surface area contributed by atoms with E-state index in [4.69, 9.17) is 0 Å². The second-order valence-corrected chi connectivity index (χ2v) is 3.20. The molecular formula is C13H13N. The van der Waals surface area contributed by atoms with Gasteiger partial charge in [0.2, 0.25) is 0 Å². The molecule has 0 saturated heterocycles. The number of anilines is 1. The maximum Gasteiger partial charge on any atom is 0.0417 e. The van der Waals surface area contributed by atoms with Crippen molar-refractivity contribution in [1.82, 2.24) is 0 Å². The molecule has 1 heteroatoms. The third kappa shape index (κ3) is 1.27. The molecule has 0 aliphatic rings. The Morgan fingerprint density at radius 2 is 1.79 bits per heavy atom. The van der Waals surface area contributed by atoms with Crippen LogP contribution in [0.2, 0.25) is 0 Å². The van der Waals surface area contributed by atoms with Crippen LogP contribution in [0.3, 0.4) is 0 Å². The normalized spacial score (nSPS) is 10.1. The third-order valence-corrected chi connectivity index (χ3v) is 2.45. The fourth-order valence-corrected chi connectivity index (χ4v) is 1.72. The quantitative estimate of drug-likeness (QED) is 0.751. The molecule has 1 N–H and O–H groups in total. The topological polar surface area (TPSA) is 12.0 Å². The largest absolute Gasteiger partial charge is 0.388 e. The molecule has 0 bridgehead atoms. The van der Waals surface area contributed by atoms with Gasteiger partial charge in [-0.2, -0.15) is 0 Å². The fourth-order valence-electron chi connectivity index (χ4n) is 1.72. The maximum absolute atomic E-state index is 3.82. The van der Waals surface area contributed by atoms with Crippen LogP contribution in [-0.4, -0.2) is 7.05 Å². The van der Waals surface area contributed by atoms with Crippen molar-refractivity contribution in [3.63, 3.8) is 0 Å². The SMILES string of the molecule is C=Cc1ccc(NC)c2ccccc12. The average Bonchev–Trinajstić information content (AvgIpc) is 2.27. The second kappa shape index (κ2) is 3.54. The summed E-state index contributed by atoms with van der Waals surface area (Å²) in [6, 6.07) is 12.5. The minimum atomic E-state index is 1.16. The van der Waals surface area contributed by atoms with Gasteiger partial charge in [0.05, 0.1) is 0 Å². The summed E-state index contributed by atoms with van der Waals surface area (Å²) in [5.74, 6) is 0. The minimum absolute atomic E-state index is 1.16. The summed E-state index contributed by atoms with van der Waals surface area (Å²) in [6.45, 7) is 3.82. The standard InChI is InChI=1S/C13H13N/c1-3-10-8-9-13(14-2)12-7-5-4-6-11(10)12/h3-9,14H,1H2,2H3. The minimum Gasteiger partial charge on any atom is -0.388 e. The fraction of sp³-hybridized carbons (Fsp3) is 0.0769. The van der Waals surface area contributed by atoms with Crippen LogP contribution in [0, 0.1) is 0 Å². The van der Waals surface area contributed by atoms with Crippen LogP contribution in [0.4, 0.5) is 5.69 Å². The zero-order chi connectivity index (χ0) is 9.97. The van der Waals surface area contributed by atoms with Crippen LogP contribution in [-0.2, 0) is 0 Å². The van der Waals surface area contributed by atoms with Crippen LogP contribution in [0.25, 0.3) is 16.8 Å². The third-order valence-electron chi connectivity index (χ3n) is 2.45. The van der Waals surface area contributed by atoms with Crippen LogP contribution in [0.5, 0.6) is 0 Å². The molecule has 2 aromatic carbocycles. The van der Waals surface area contributed by atoms with Crippen molar-refractivity contribution in [2.45, 2.75) is 0 Å². The Bertz CT molecular complexity index is 472. The van der Waals surface area contributed by atoms with Gasteiger partial charge >= 0.3 is 0 Å². The van der Waals surface area contributed by atoms with Crippen molar-refractivity contribution in [1.29, 1.82) is 0 Å². The lowest BCUT2D eigenvalue weighted by Crippen LogP contribution is -1.90. The molecule has 2 aromatic rings. The number of hydrogen-bond acceptors (Lipinski definition) is 1. The van der Waals surface area contributed by atoms with E-state index in [1.807, 2.05) is 13.1 Å². The summed E-state index contributed by atoms with van der Waals surface area (Å²) >= 11 is 0. The van der Waals surface area contributed by atoms with Crippen molar-refractivity contribution in [3.8, 4) is 0 Å². The molecule has 0 spiro atoms. The number of rotatable bonds is 2. The highest BCUT2D eigenvalue weighted by Gasteiger charge is 2.00. The van der Waals surface area contributed by atoms with Crippen LogP contribution >= 0.6 is 0 Å². The van der Waals surface area contributed by atoms with Gasteiger partial charge in [0.1, 0.15) is 0 Å². The van der Waals surface area contributed by atoms with Crippen molar-refractivity contribution in [3.05, 3.63) is 48.5 Å². The summed E-state index contributed by atoms with van der Waals surface area (Å²) in [5, 5.41) is 5.67. The summed E-state index contributed by atoms with van der Waals surface area (Å²) in [6.07, 6.45) is 1.89.